The summed E-state index contributed by atoms with van der Waals surface area (Å²) in [5, 5.41) is 35.4. The van der Waals surface area contributed by atoms with E-state index in [4.69, 9.17) is 5.73 Å². The minimum absolute atomic E-state index is 0.155. The zero-order valence-corrected chi connectivity index (χ0v) is 20.8. The van der Waals surface area contributed by atoms with Gasteiger partial charge in [-0.25, -0.2) is 0 Å². The molecule has 0 bridgehead atoms. The van der Waals surface area contributed by atoms with Crippen molar-refractivity contribution >= 4 is 16.3 Å². The molecule has 3 aromatic rings. The number of benzene rings is 3. The quantitative estimate of drug-likeness (QED) is 0.176. The first-order valence-corrected chi connectivity index (χ1v) is 13.4. The lowest BCUT2D eigenvalue weighted by Gasteiger charge is -2.33. The summed E-state index contributed by atoms with van der Waals surface area (Å²) in [6.07, 6.45) is 3.84. The van der Waals surface area contributed by atoms with Crippen LogP contribution in [0.5, 0.6) is 0 Å². The second-order valence-electron chi connectivity index (χ2n) is 8.80. The SMILES string of the molecule is N#Cc1ccccc1NC(N)c1ccc(S(O)(O)c2ccc(C(O)NC3CCC=CC3C#N)cc2)cc1. The van der Waals surface area contributed by atoms with E-state index >= 15 is 0 Å². The molecule has 0 radical (unpaired) electrons. The highest BCUT2D eigenvalue weighted by Crippen LogP contribution is 2.55. The second kappa shape index (κ2) is 11.6. The highest BCUT2D eigenvalue weighted by Gasteiger charge is 2.25. The lowest BCUT2D eigenvalue weighted by molar-refractivity contribution is 0.115. The van der Waals surface area contributed by atoms with Crippen molar-refractivity contribution in [2.45, 2.75) is 41.1 Å². The van der Waals surface area contributed by atoms with Crippen LogP contribution in [-0.2, 0) is 0 Å². The van der Waals surface area contributed by atoms with E-state index < -0.39 is 23.0 Å². The molecular weight excluding hydrogens is 486 g/mol. The first-order chi connectivity index (χ1) is 17.8. The number of hydrogen-bond acceptors (Lipinski definition) is 8. The number of aliphatic hydroxyl groups is 1. The van der Waals surface area contributed by atoms with Gasteiger partial charge in [0, 0.05) is 6.04 Å². The summed E-state index contributed by atoms with van der Waals surface area (Å²) in [6, 6.07) is 24.4. The van der Waals surface area contributed by atoms with E-state index in [1.54, 1.807) is 66.7 Å². The number of nitrogens with two attached hydrogens (primary N) is 1. The van der Waals surface area contributed by atoms with Gasteiger partial charge in [-0.15, -0.1) is 10.6 Å². The maximum atomic E-state index is 11.0. The van der Waals surface area contributed by atoms with E-state index in [2.05, 4.69) is 22.8 Å². The molecule has 0 saturated heterocycles. The number of nitriles is 2. The van der Waals surface area contributed by atoms with E-state index in [9.17, 15) is 24.7 Å². The largest absolute Gasteiger partial charge is 0.374 e. The Labute approximate surface area is 218 Å². The minimum atomic E-state index is -3.29. The molecule has 0 fully saturated rings. The molecule has 190 valence electrons. The first kappa shape index (κ1) is 26.4. The Morgan fingerprint density at radius 3 is 2.16 bits per heavy atom. The van der Waals surface area contributed by atoms with Crippen LogP contribution in [-0.4, -0.2) is 20.3 Å². The smallest absolute Gasteiger partial charge is 0.131 e. The molecule has 4 rings (SSSR count). The van der Waals surface area contributed by atoms with Gasteiger partial charge in [-0.2, -0.15) is 10.5 Å². The van der Waals surface area contributed by atoms with Gasteiger partial charge in [0.05, 0.1) is 33.0 Å². The summed E-state index contributed by atoms with van der Waals surface area (Å²) < 4.78 is 22.0. The molecular formula is C28H29N5O3S. The molecule has 4 unspecified atom stereocenters. The van der Waals surface area contributed by atoms with Crippen LogP contribution in [0, 0.1) is 28.6 Å². The number of rotatable bonds is 8. The van der Waals surface area contributed by atoms with Crippen molar-refractivity contribution < 1.29 is 14.2 Å². The second-order valence-corrected chi connectivity index (χ2v) is 10.8. The van der Waals surface area contributed by atoms with Gasteiger partial charge in [-0.05, 0) is 60.4 Å². The molecule has 0 aromatic heterocycles. The van der Waals surface area contributed by atoms with Crippen LogP contribution in [0.3, 0.4) is 0 Å². The average molecular weight is 516 g/mol. The fourth-order valence-corrected chi connectivity index (χ4v) is 5.55. The van der Waals surface area contributed by atoms with Gasteiger partial charge >= 0.3 is 0 Å². The van der Waals surface area contributed by atoms with E-state index in [1.165, 1.54) is 0 Å². The van der Waals surface area contributed by atoms with Crippen molar-refractivity contribution in [1.29, 1.82) is 10.5 Å². The fraction of sp³-hybridized carbons (Fsp3) is 0.214. The third kappa shape index (κ3) is 6.01. The highest BCUT2D eigenvalue weighted by molar-refractivity contribution is 8.24. The molecule has 37 heavy (non-hydrogen) atoms. The summed E-state index contributed by atoms with van der Waals surface area (Å²) >= 11 is 0. The molecule has 1 aliphatic carbocycles. The Morgan fingerprint density at radius 2 is 1.54 bits per heavy atom. The highest BCUT2D eigenvalue weighted by atomic mass is 32.3. The maximum absolute atomic E-state index is 11.0. The Balaban J connectivity index is 1.44. The molecule has 0 saturated carbocycles. The van der Waals surface area contributed by atoms with Crippen molar-refractivity contribution in [2.24, 2.45) is 11.7 Å². The van der Waals surface area contributed by atoms with Crippen LogP contribution in [0.15, 0.2) is 94.7 Å². The van der Waals surface area contributed by atoms with E-state index in [0.717, 1.165) is 12.8 Å². The number of allylic oxidation sites excluding steroid dienone is 1. The topological polar surface area (TPSA) is 158 Å². The number of para-hydroxylation sites is 1. The lowest BCUT2D eigenvalue weighted by atomic mass is 9.91. The van der Waals surface area contributed by atoms with Gasteiger partial charge in [0.15, 0.2) is 0 Å². The molecule has 9 heteroatoms. The third-order valence-corrected chi connectivity index (χ3v) is 8.25. The van der Waals surface area contributed by atoms with Crippen molar-refractivity contribution in [1.82, 2.24) is 5.32 Å². The van der Waals surface area contributed by atoms with E-state index in [0.29, 0.717) is 32.2 Å². The van der Waals surface area contributed by atoms with E-state index in [-0.39, 0.29) is 12.0 Å². The normalized spacial score (nSPS) is 19.3. The van der Waals surface area contributed by atoms with Crippen LogP contribution in [0.25, 0.3) is 0 Å². The van der Waals surface area contributed by atoms with Gasteiger partial charge < -0.3 is 16.2 Å². The van der Waals surface area contributed by atoms with Crippen molar-refractivity contribution in [3.63, 3.8) is 0 Å². The molecule has 0 amide bonds. The van der Waals surface area contributed by atoms with Crippen molar-refractivity contribution in [3.05, 3.63) is 102 Å². The van der Waals surface area contributed by atoms with E-state index in [1.807, 2.05) is 18.2 Å². The Morgan fingerprint density at radius 1 is 0.919 bits per heavy atom. The molecule has 0 aliphatic heterocycles. The van der Waals surface area contributed by atoms with Gasteiger partial charge in [0.25, 0.3) is 0 Å². The van der Waals surface area contributed by atoms with Gasteiger partial charge in [0.2, 0.25) is 0 Å². The number of aliphatic hydroxyl groups excluding tert-OH is 1. The molecule has 7 N–H and O–H groups in total. The predicted molar refractivity (Wildman–Crippen MR) is 143 cm³/mol. The Hall–Kier alpha value is -3.67. The molecule has 0 heterocycles. The lowest BCUT2D eigenvalue weighted by Crippen LogP contribution is -2.38. The third-order valence-electron chi connectivity index (χ3n) is 6.39. The van der Waals surface area contributed by atoms with Crippen LogP contribution < -0.4 is 16.4 Å². The molecule has 3 aromatic carbocycles. The Kier molecular flexibility index (Phi) is 8.27. The number of hydrogen-bond donors (Lipinski definition) is 6. The van der Waals surface area contributed by atoms with Crippen molar-refractivity contribution in [3.8, 4) is 12.1 Å². The summed E-state index contributed by atoms with van der Waals surface area (Å²) in [4.78, 5) is 0.648. The van der Waals surface area contributed by atoms with Crippen LogP contribution in [0.2, 0.25) is 0 Å². The van der Waals surface area contributed by atoms with Gasteiger partial charge in [0.1, 0.15) is 18.5 Å². The number of nitrogens with one attached hydrogen (secondary N) is 2. The first-order valence-electron chi connectivity index (χ1n) is 11.8. The van der Waals surface area contributed by atoms with Crippen LogP contribution in [0.4, 0.5) is 5.69 Å². The van der Waals surface area contributed by atoms with Crippen LogP contribution >= 0.6 is 10.6 Å². The maximum Gasteiger partial charge on any atom is 0.131 e. The Bertz CT molecular complexity index is 1330. The van der Waals surface area contributed by atoms with Crippen molar-refractivity contribution in [2.75, 3.05) is 5.32 Å². The van der Waals surface area contributed by atoms with Crippen LogP contribution in [0.1, 0.15) is 41.9 Å². The summed E-state index contributed by atoms with van der Waals surface area (Å²) in [7, 11) is -3.29. The van der Waals surface area contributed by atoms with Gasteiger partial charge in [-0.3, -0.25) is 14.4 Å². The van der Waals surface area contributed by atoms with Gasteiger partial charge in [-0.1, -0.05) is 48.6 Å². The fourth-order valence-electron chi connectivity index (χ4n) is 4.25. The zero-order valence-electron chi connectivity index (χ0n) is 20.0. The molecule has 4 atom stereocenters. The zero-order chi connectivity index (χ0) is 26.4. The summed E-state index contributed by atoms with van der Waals surface area (Å²) in [6.45, 7) is 0. The molecule has 0 spiro atoms. The summed E-state index contributed by atoms with van der Waals surface area (Å²) in [5.74, 6) is -0.304. The predicted octanol–water partition coefficient (Wildman–Crippen LogP) is 5.24. The minimum Gasteiger partial charge on any atom is -0.374 e. The molecule has 8 nitrogen and oxygen atoms in total. The standard InChI is InChI=1S/C28H29N5O3S/c29-17-21-5-1-3-7-25(21)32-27(31)19-9-13-23(14-10-19)37(35,36)24-15-11-20(12-16-24)28(34)33-26-8-4-2-6-22(26)18-30/h1-3,5-7,9-16,22,26-28,32-36H,4,8,31H2. The number of anilines is 1. The summed E-state index contributed by atoms with van der Waals surface area (Å²) in [5.41, 5.74) is 8.63. The molecule has 1 aliphatic rings. The number of nitrogens with zero attached hydrogens (tertiary/aromatic N) is 2. The average Bonchev–Trinajstić information content (AvgIpc) is 2.93. The monoisotopic (exact) mass is 515 g/mol.